The Labute approximate surface area is 115 Å². The topological polar surface area (TPSA) is 117 Å². The van der Waals surface area contributed by atoms with Gasteiger partial charge in [-0.2, -0.15) is 0 Å². The molecule has 0 unspecified atom stereocenters. The van der Waals surface area contributed by atoms with Gasteiger partial charge in [-0.15, -0.1) is 0 Å². The molecule has 20 heavy (non-hydrogen) atoms. The summed E-state index contributed by atoms with van der Waals surface area (Å²) in [5.74, 6) is 0. The normalized spacial score (nSPS) is 17.9. The highest BCUT2D eigenvalue weighted by molar-refractivity contribution is 5.83. The Morgan fingerprint density at radius 3 is 2.30 bits per heavy atom. The van der Waals surface area contributed by atoms with E-state index in [4.69, 9.17) is 5.11 Å². The van der Waals surface area contributed by atoms with Gasteiger partial charge in [0.1, 0.15) is 18.3 Å². The summed E-state index contributed by atoms with van der Waals surface area (Å²) >= 11 is 0. The van der Waals surface area contributed by atoms with Crippen LogP contribution in [-0.4, -0.2) is 61.5 Å². The van der Waals surface area contributed by atoms with Gasteiger partial charge in [0.05, 0.1) is 12.7 Å². The molecule has 0 aliphatic heterocycles. The van der Waals surface area contributed by atoms with Gasteiger partial charge in [0, 0.05) is 23.5 Å². The molecule has 6 N–H and O–H groups in total. The molecule has 110 valence electrons. The van der Waals surface area contributed by atoms with Crippen LogP contribution in [0.15, 0.2) is 30.5 Å². The molecule has 1 aromatic heterocycles. The van der Waals surface area contributed by atoms with Crippen LogP contribution in [0.2, 0.25) is 0 Å². The van der Waals surface area contributed by atoms with E-state index in [9.17, 15) is 20.4 Å². The molecule has 2 aromatic rings. The standard InChI is InChI=1S/C14H19NO5/c16-7-12(18)14(20)13(19)11(17)5-8-6-15-10-4-2-1-3-9(8)10/h1-4,6,11-20H,5,7H2/t11-,12-,13-,14-/m1/s1. The monoisotopic (exact) mass is 281 g/mol. The van der Waals surface area contributed by atoms with Crippen LogP contribution in [0.1, 0.15) is 5.56 Å². The van der Waals surface area contributed by atoms with E-state index in [-0.39, 0.29) is 6.42 Å². The minimum Gasteiger partial charge on any atom is -0.394 e. The van der Waals surface area contributed by atoms with Crippen LogP contribution in [0.5, 0.6) is 0 Å². The maximum absolute atomic E-state index is 9.95. The molecule has 1 heterocycles. The summed E-state index contributed by atoms with van der Waals surface area (Å²) in [6, 6.07) is 7.54. The van der Waals surface area contributed by atoms with Crippen molar-refractivity contribution in [3.05, 3.63) is 36.0 Å². The van der Waals surface area contributed by atoms with Crippen LogP contribution in [0, 0.1) is 0 Å². The molecule has 0 aliphatic carbocycles. The first-order chi connectivity index (χ1) is 9.54. The van der Waals surface area contributed by atoms with Crippen molar-refractivity contribution in [2.24, 2.45) is 0 Å². The highest BCUT2D eigenvalue weighted by Crippen LogP contribution is 2.20. The Bertz CT molecular complexity index is 555. The quantitative estimate of drug-likeness (QED) is 0.412. The van der Waals surface area contributed by atoms with E-state index in [2.05, 4.69) is 4.98 Å². The number of fused-ring (bicyclic) bond motifs is 1. The predicted octanol–water partition coefficient (Wildman–Crippen LogP) is -0.854. The van der Waals surface area contributed by atoms with Crippen molar-refractivity contribution < 1.29 is 25.5 Å². The highest BCUT2D eigenvalue weighted by atomic mass is 16.4. The van der Waals surface area contributed by atoms with Gasteiger partial charge in [-0.1, -0.05) is 18.2 Å². The lowest BCUT2D eigenvalue weighted by Gasteiger charge is -2.25. The van der Waals surface area contributed by atoms with Crippen LogP contribution < -0.4 is 0 Å². The lowest BCUT2D eigenvalue weighted by atomic mass is 9.97. The Balaban J connectivity index is 2.09. The first kappa shape index (κ1) is 15.0. The fraction of sp³-hybridized carbons (Fsp3) is 0.429. The summed E-state index contributed by atoms with van der Waals surface area (Å²) in [5.41, 5.74) is 1.72. The van der Waals surface area contributed by atoms with Gasteiger partial charge in [-0.25, -0.2) is 0 Å². The van der Waals surface area contributed by atoms with E-state index in [1.807, 2.05) is 24.3 Å². The zero-order valence-corrected chi connectivity index (χ0v) is 10.8. The molecule has 1 aromatic carbocycles. The van der Waals surface area contributed by atoms with Gasteiger partial charge >= 0.3 is 0 Å². The van der Waals surface area contributed by atoms with Crippen LogP contribution in [-0.2, 0) is 6.42 Å². The lowest BCUT2D eigenvalue weighted by Crippen LogP contribution is -2.46. The fourth-order valence-electron chi connectivity index (χ4n) is 2.21. The Morgan fingerprint density at radius 1 is 0.950 bits per heavy atom. The number of rotatable bonds is 6. The van der Waals surface area contributed by atoms with Crippen LogP contribution in [0.3, 0.4) is 0 Å². The molecule has 0 amide bonds. The maximum Gasteiger partial charge on any atom is 0.110 e. The highest BCUT2D eigenvalue weighted by Gasteiger charge is 2.30. The molecular formula is C14H19NO5. The predicted molar refractivity (Wildman–Crippen MR) is 73.1 cm³/mol. The van der Waals surface area contributed by atoms with Crippen LogP contribution >= 0.6 is 0 Å². The summed E-state index contributed by atoms with van der Waals surface area (Å²) in [6.07, 6.45) is -4.01. The lowest BCUT2D eigenvalue weighted by molar-refractivity contribution is -0.114. The van der Waals surface area contributed by atoms with Gasteiger partial charge in [-0.3, -0.25) is 0 Å². The molecule has 0 fully saturated rings. The zero-order valence-electron chi connectivity index (χ0n) is 10.8. The molecule has 4 atom stereocenters. The van der Waals surface area contributed by atoms with Crippen molar-refractivity contribution in [1.29, 1.82) is 0 Å². The average Bonchev–Trinajstić information content (AvgIpc) is 2.88. The van der Waals surface area contributed by atoms with Crippen LogP contribution in [0.4, 0.5) is 0 Å². The zero-order chi connectivity index (χ0) is 14.7. The molecular weight excluding hydrogens is 262 g/mol. The van der Waals surface area contributed by atoms with Crippen molar-refractivity contribution in [3.8, 4) is 0 Å². The maximum atomic E-state index is 9.95. The minimum absolute atomic E-state index is 0.125. The number of nitrogens with one attached hydrogen (secondary N) is 1. The Morgan fingerprint density at radius 2 is 1.60 bits per heavy atom. The van der Waals surface area contributed by atoms with Crippen molar-refractivity contribution in [3.63, 3.8) is 0 Å². The second kappa shape index (κ2) is 6.34. The fourth-order valence-corrected chi connectivity index (χ4v) is 2.21. The summed E-state index contributed by atoms with van der Waals surface area (Å²) in [4.78, 5) is 3.05. The largest absolute Gasteiger partial charge is 0.394 e. The van der Waals surface area contributed by atoms with Crippen LogP contribution in [0.25, 0.3) is 10.9 Å². The molecule has 6 nitrogen and oxygen atoms in total. The minimum atomic E-state index is -1.60. The van der Waals surface area contributed by atoms with Crippen molar-refractivity contribution in [1.82, 2.24) is 4.98 Å². The van der Waals surface area contributed by atoms with E-state index >= 15 is 0 Å². The second-order valence-electron chi connectivity index (χ2n) is 4.86. The van der Waals surface area contributed by atoms with Gasteiger partial charge in [0.15, 0.2) is 0 Å². The van der Waals surface area contributed by atoms with Gasteiger partial charge in [-0.05, 0) is 11.6 Å². The summed E-state index contributed by atoms with van der Waals surface area (Å²) < 4.78 is 0. The van der Waals surface area contributed by atoms with Gasteiger partial charge in [0.2, 0.25) is 0 Å². The molecule has 6 heteroatoms. The number of H-pyrrole nitrogens is 1. The summed E-state index contributed by atoms with van der Waals surface area (Å²) in [6.45, 7) is -0.683. The number of hydrogen-bond acceptors (Lipinski definition) is 5. The van der Waals surface area contributed by atoms with Gasteiger partial charge in [0.25, 0.3) is 0 Å². The third-order valence-electron chi connectivity index (χ3n) is 3.43. The van der Waals surface area contributed by atoms with E-state index in [0.717, 1.165) is 16.5 Å². The first-order valence-corrected chi connectivity index (χ1v) is 6.42. The molecule has 0 spiro atoms. The van der Waals surface area contributed by atoms with E-state index < -0.39 is 31.0 Å². The van der Waals surface area contributed by atoms with Crippen molar-refractivity contribution >= 4 is 10.9 Å². The smallest absolute Gasteiger partial charge is 0.110 e. The average molecular weight is 281 g/mol. The Hall–Kier alpha value is -1.44. The molecule has 0 saturated carbocycles. The molecule has 0 aliphatic rings. The summed E-state index contributed by atoms with van der Waals surface area (Å²) in [5, 5.41) is 48.2. The number of hydrogen-bond donors (Lipinski definition) is 6. The number of para-hydroxylation sites is 1. The van der Waals surface area contributed by atoms with E-state index in [0.29, 0.717) is 0 Å². The van der Waals surface area contributed by atoms with Crippen molar-refractivity contribution in [2.75, 3.05) is 6.61 Å². The number of aliphatic hydroxyl groups excluding tert-OH is 5. The number of aromatic amines is 1. The SMILES string of the molecule is OC[C@@H](O)[C@@H](O)[C@H](O)[C@H](O)Cc1c[nH]c2ccccc12. The molecule has 0 bridgehead atoms. The second-order valence-corrected chi connectivity index (χ2v) is 4.86. The molecule has 0 radical (unpaired) electrons. The molecule has 2 rings (SSSR count). The summed E-state index contributed by atoms with van der Waals surface area (Å²) in [7, 11) is 0. The number of benzene rings is 1. The van der Waals surface area contributed by atoms with E-state index in [1.165, 1.54) is 0 Å². The number of aromatic nitrogens is 1. The van der Waals surface area contributed by atoms with E-state index in [1.54, 1.807) is 6.20 Å². The third-order valence-corrected chi connectivity index (χ3v) is 3.43. The third kappa shape index (κ3) is 3.00. The first-order valence-electron chi connectivity index (χ1n) is 6.42. The Kier molecular flexibility index (Phi) is 4.74. The van der Waals surface area contributed by atoms with Crippen molar-refractivity contribution in [2.45, 2.75) is 30.8 Å². The number of aliphatic hydroxyl groups is 5. The molecule has 0 saturated heterocycles. The van der Waals surface area contributed by atoms with Gasteiger partial charge < -0.3 is 30.5 Å².